The minimum absolute atomic E-state index is 0.232. The van der Waals surface area contributed by atoms with Gasteiger partial charge in [0.25, 0.3) is 5.91 Å². The summed E-state index contributed by atoms with van der Waals surface area (Å²) in [5.41, 5.74) is 3.55. The largest absolute Gasteiger partial charge is 0.493 e. The van der Waals surface area contributed by atoms with Gasteiger partial charge in [-0.3, -0.25) is 9.48 Å². The highest BCUT2D eigenvalue weighted by Crippen LogP contribution is 2.41. The molecule has 0 spiro atoms. The first-order valence-electron chi connectivity index (χ1n) is 9.42. The molecule has 3 aromatic rings. The molecule has 1 amide bonds. The Labute approximate surface area is 168 Å². The molecule has 0 atom stereocenters. The van der Waals surface area contributed by atoms with Crippen LogP contribution >= 0.6 is 0 Å². The molecule has 152 valence electrons. The minimum atomic E-state index is -0.232. The molecule has 2 heterocycles. The predicted octanol–water partition coefficient (Wildman–Crippen LogP) is 3.43. The van der Waals surface area contributed by atoms with Crippen molar-refractivity contribution in [2.45, 2.75) is 25.7 Å². The topological polar surface area (TPSA) is 87.5 Å². The minimum Gasteiger partial charge on any atom is -0.493 e. The van der Waals surface area contributed by atoms with Gasteiger partial charge >= 0.3 is 0 Å². The Morgan fingerprint density at radius 3 is 2.31 bits per heavy atom. The predicted molar refractivity (Wildman–Crippen MR) is 109 cm³/mol. The molecule has 4 rings (SSSR count). The van der Waals surface area contributed by atoms with Crippen molar-refractivity contribution in [2.75, 3.05) is 26.6 Å². The van der Waals surface area contributed by atoms with E-state index in [1.807, 2.05) is 20.0 Å². The number of nitrogens with one attached hydrogen (secondary N) is 1. The monoisotopic (exact) mass is 396 g/mol. The lowest BCUT2D eigenvalue weighted by molar-refractivity contribution is 0.102. The molecule has 0 saturated heterocycles. The van der Waals surface area contributed by atoms with Crippen LogP contribution in [0.4, 0.5) is 5.69 Å². The number of nitrogens with zero attached hydrogens (tertiary/aromatic N) is 3. The molecular formula is C21H24N4O4. The van der Waals surface area contributed by atoms with Crippen molar-refractivity contribution in [3.05, 3.63) is 35.2 Å². The molecule has 29 heavy (non-hydrogen) atoms. The van der Waals surface area contributed by atoms with Gasteiger partial charge in [-0.15, -0.1) is 0 Å². The van der Waals surface area contributed by atoms with Crippen molar-refractivity contribution in [3.8, 4) is 17.2 Å². The average Bonchev–Trinajstić information content (AvgIpc) is 3.53. The van der Waals surface area contributed by atoms with Crippen molar-refractivity contribution >= 4 is 22.6 Å². The Kier molecular flexibility index (Phi) is 4.77. The van der Waals surface area contributed by atoms with Gasteiger partial charge in [0.1, 0.15) is 0 Å². The molecule has 1 aromatic carbocycles. The maximum atomic E-state index is 13.2. The van der Waals surface area contributed by atoms with Crippen LogP contribution in [0.15, 0.2) is 18.2 Å². The Bertz CT molecular complexity index is 1080. The molecular weight excluding hydrogens is 372 g/mol. The first kappa shape index (κ1) is 19.0. The number of methoxy groups -OCH3 is 3. The fourth-order valence-corrected chi connectivity index (χ4v) is 3.58. The Hall–Kier alpha value is -3.29. The molecule has 1 aliphatic carbocycles. The number of fused-ring (bicyclic) bond motifs is 1. The van der Waals surface area contributed by atoms with Crippen molar-refractivity contribution in [1.82, 2.24) is 14.8 Å². The summed E-state index contributed by atoms with van der Waals surface area (Å²) >= 11 is 0. The van der Waals surface area contributed by atoms with Gasteiger partial charge in [-0.1, -0.05) is 0 Å². The number of amides is 1. The summed E-state index contributed by atoms with van der Waals surface area (Å²) in [5, 5.41) is 8.18. The molecule has 1 N–H and O–H groups in total. The van der Waals surface area contributed by atoms with Gasteiger partial charge in [0.05, 0.1) is 38.0 Å². The number of hydrogen-bond donors (Lipinski definition) is 1. The van der Waals surface area contributed by atoms with Crippen LogP contribution in [0.5, 0.6) is 17.2 Å². The number of carbonyl (C=O) groups excluding carboxylic acids is 1. The van der Waals surface area contributed by atoms with Crippen LogP contribution in [0.1, 0.15) is 40.5 Å². The summed E-state index contributed by atoms with van der Waals surface area (Å²) in [4.78, 5) is 18.0. The van der Waals surface area contributed by atoms with Crippen LogP contribution in [-0.4, -0.2) is 42.0 Å². The van der Waals surface area contributed by atoms with E-state index < -0.39 is 0 Å². The lowest BCUT2D eigenvalue weighted by atomic mass is 10.1. The first-order chi connectivity index (χ1) is 14.0. The van der Waals surface area contributed by atoms with E-state index in [2.05, 4.69) is 10.4 Å². The number of pyridine rings is 1. The van der Waals surface area contributed by atoms with Crippen LogP contribution in [0.25, 0.3) is 11.0 Å². The summed E-state index contributed by atoms with van der Waals surface area (Å²) in [6.07, 6.45) is 2.20. The summed E-state index contributed by atoms with van der Waals surface area (Å²) in [6, 6.07) is 5.30. The fraction of sp³-hybridized carbons (Fsp3) is 0.381. The highest BCUT2D eigenvalue weighted by atomic mass is 16.5. The van der Waals surface area contributed by atoms with Gasteiger partial charge in [-0.05, 0) is 25.8 Å². The van der Waals surface area contributed by atoms with Crippen LogP contribution in [0.3, 0.4) is 0 Å². The van der Waals surface area contributed by atoms with Gasteiger partial charge in [-0.2, -0.15) is 5.10 Å². The summed E-state index contributed by atoms with van der Waals surface area (Å²) < 4.78 is 17.8. The number of anilines is 1. The molecule has 2 aromatic heterocycles. The van der Waals surface area contributed by atoms with Gasteiger partial charge in [0, 0.05) is 36.5 Å². The van der Waals surface area contributed by atoms with Crippen LogP contribution in [0.2, 0.25) is 0 Å². The number of ether oxygens (including phenoxy) is 3. The maximum absolute atomic E-state index is 13.2. The second-order valence-corrected chi connectivity index (χ2v) is 7.14. The third-order valence-electron chi connectivity index (χ3n) is 5.15. The van der Waals surface area contributed by atoms with Crippen LogP contribution in [-0.2, 0) is 7.05 Å². The van der Waals surface area contributed by atoms with Crippen molar-refractivity contribution in [3.63, 3.8) is 0 Å². The fourth-order valence-electron chi connectivity index (χ4n) is 3.58. The molecule has 0 bridgehead atoms. The molecule has 1 saturated carbocycles. The molecule has 0 radical (unpaired) electrons. The van der Waals surface area contributed by atoms with E-state index >= 15 is 0 Å². The lowest BCUT2D eigenvalue weighted by Crippen LogP contribution is -2.14. The number of carbonyl (C=O) groups is 1. The van der Waals surface area contributed by atoms with Gasteiger partial charge in [0.15, 0.2) is 17.1 Å². The zero-order valence-corrected chi connectivity index (χ0v) is 17.2. The van der Waals surface area contributed by atoms with E-state index in [1.165, 1.54) is 21.3 Å². The Morgan fingerprint density at radius 1 is 1.10 bits per heavy atom. The number of aryl methyl sites for hydroxylation is 2. The van der Waals surface area contributed by atoms with Gasteiger partial charge < -0.3 is 19.5 Å². The zero-order chi connectivity index (χ0) is 20.7. The maximum Gasteiger partial charge on any atom is 0.256 e. The summed E-state index contributed by atoms with van der Waals surface area (Å²) in [6.45, 7) is 1.89. The van der Waals surface area contributed by atoms with E-state index in [4.69, 9.17) is 19.2 Å². The molecule has 8 heteroatoms. The van der Waals surface area contributed by atoms with Crippen molar-refractivity contribution in [1.29, 1.82) is 0 Å². The normalized spacial score (nSPS) is 13.4. The van der Waals surface area contributed by atoms with E-state index in [-0.39, 0.29) is 5.91 Å². The first-order valence-corrected chi connectivity index (χ1v) is 9.42. The van der Waals surface area contributed by atoms with Gasteiger partial charge in [0.2, 0.25) is 5.75 Å². The molecule has 0 unspecified atom stereocenters. The van der Waals surface area contributed by atoms with E-state index in [0.717, 1.165) is 35.3 Å². The molecule has 1 fully saturated rings. The highest BCUT2D eigenvalue weighted by molar-refractivity contribution is 6.12. The van der Waals surface area contributed by atoms with Crippen molar-refractivity contribution < 1.29 is 19.0 Å². The molecule has 8 nitrogen and oxygen atoms in total. The zero-order valence-electron chi connectivity index (χ0n) is 17.2. The van der Waals surface area contributed by atoms with Crippen molar-refractivity contribution in [2.24, 2.45) is 7.05 Å². The summed E-state index contributed by atoms with van der Waals surface area (Å²) in [7, 11) is 6.46. The SMILES string of the molecule is COc1cc(NC(=O)c2cc(C3CC3)nc3c2c(C)nn3C)cc(OC)c1OC. The third kappa shape index (κ3) is 3.35. The van der Waals surface area contributed by atoms with E-state index in [1.54, 1.807) is 16.8 Å². The van der Waals surface area contributed by atoms with Crippen LogP contribution in [0, 0.1) is 6.92 Å². The number of rotatable bonds is 6. The second-order valence-electron chi connectivity index (χ2n) is 7.14. The molecule has 1 aliphatic rings. The average molecular weight is 396 g/mol. The molecule has 0 aliphatic heterocycles. The lowest BCUT2D eigenvalue weighted by Gasteiger charge is -2.15. The quantitative estimate of drug-likeness (QED) is 0.687. The smallest absolute Gasteiger partial charge is 0.256 e. The third-order valence-corrected chi connectivity index (χ3v) is 5.15. The highest BCUT2D eigenvalue weighted by Gasteiger charge is 2.28. The van der Waals surface area contributed by atoms with Crippen LogP contribution < -0.4 is 19.5 Å². The Morgan fingerprint density at radius 2 is 1.76 bits per heavy atom. The van der Waals surface area contributed by atoms with Gasteiger partial charge in [-0.25, -0.2) is 4.98 Å². The van der Waals surface area contributed by atoms with E-state index in [0.29, 0.717) is 34.4 Å². The standard InChI is InChI=1S/C21H24N4O4/c1-11-18-14(10-15(12-6-7-12)23-20(18)25(2)24-11)21(26)22-13-8-16(27-3)19(29-5)17(9-13)28-4/h8-10,12H,6-7H2,1-5H3,(H,22,26). The summed E-state index contributed by atoms with van der Waals surface area (Å²) in [5.74, 6) is 1.60. The number of benzene rings is 1. The second kappa shape index (κ2) is 7.27. The number of aromatic nitrogens is 3. The van der Waals surface area contributed by atoms with E-state index in [9.17, 15) is 4.79 Å². The number of hydrogen-bond acceptors (Lipinski definition) is 6. The Balaban J connectivity index is 1.77.